The minimum absolute atomic E-state index is 0.200. The standard InChI is InChI=1S/C26H23ClN2O4/c1-26(2,25(32)33-3)29-15-19-5-4-18(14-22(19)24(29)31)16-8-12-21(13-9-16)28-23(30)17-6-10-20(27)11-7-17/h4-14H,15H2,1-3H3,(H,28,30). The Morgan fingerprint density at radius 1 is 0.970 bits per heavy atom. The summed E-state index contributed by atoms with van der Waals surface area (Å²) in [6, 6.07) is 19.8. The number of carbonyl (C=O) groups excluding carboxylic acids is 3. The first-order valence-electron chi connectivity index (χ1n) is 10.4. The quantitative estimate of drug-likeness (QED) is 0.531. The van der Waals surface area contributed by atoms with Crippen molar-refractivity contribution in [1.82, 2.24) is 4.90 Å². The number of anilines is 1. The molecule has 1 heterocycles. The molecule has 0 bridgehead atoms. The Labute approximate surface area is 197 Å². The van der Waals surface area contributed by atoms with E-state index < -0.39 is 11.5 Å². The molecule has 1 N–H and O–H groups in total. The van der Waals surface area contributed by atoms with Crippen LogP contribution in [0, 0.1) is 0 Å². The van der Waals surface area contributed by atoms with Crippen molar-refractivity contribution < 1.29 is 19.1 Å². The third-order valence-electron chi connectivity index (χ3n) is 5.86. The molecule has 0 saturated carbocycles. The van der Waals surface area contributed by atoms with Gasteiger partial charge in [-0.1, -0.05) is 35.9 Å². The fourth-order valence-corrected chi connectivity index (χ4v) is 3.97. The van der Waals surface area contributed by atoms with E-state index in [1.165, 1.54) is 12.0 Å². The maximum absolute atomic E-state index is 13.0. The first kappa shape index (κ1) is 22.6. The molecule has 0 radical (unpaired) electrons. The van der Waals surface area contributed by atoms with Crippen molar-refractivity contribution in [3.8, 4) is 11.1 Å². The number of amides is 2. The van der Waals surface area contributed by atoms with Gasteiger partial charge in [0.1, 0.15) is 5.54 Å². The average Bonchev–Trinajstić information content (AvgIpc) is 3.16. The highest BCUT2D eigenvalue weighted by Crippen LogP contribution is 2.33. The Morgan fingerprint density at radius 2 is 1.61 bits per heavy atom. The molecule has 7 heteroatoms. The van der Waals surface area contributed by atoms with Crippen LogP contribution in [0.4, 0.5) is 5.69 Å². The summed E-state index contributed by atoms with van der Waals surface area (Å²) in [7, 11) is 1.32. The summed E-state index contributed by atoms with van der Waals surface area (Å²) < 4.78 is 4.87. The molecule has 4 rings (SSSR count). The first-order chi connectivity index (χ1) is 15.7. The van der Waals surface area contributed by atoms with Crippen LogP contribution in [0.15, 0.2) is 66.7 Å². The number of esters is 1. The molecule has 3 aromatic carbocycles. The number of nitrogens with one attached hydrogen (secondary N) is 1. The maximum atomic E-state index is 13.0. The van der Waals surface area contributed by atoms with Gasteiger partial charge in [-0.05, 0) is 73.0 Å². The Hall–Kier alpha value is -3.64. The molecule has 2 amide bonds. The van der Waals surface area contributed by atoms with Crippen LogP contribution in [0.25, 0.3) is 11.1 Å². The Kier molecular flexibility index (Phi) is 5.95. The van der Waals surface area contributed by atoms with Gasteiger partial charge in [0.05, 0.1) is 7.11 Å². The lowest BCUT2D eigenvalue weighted by Gasteiger charge is -2.32. The van der Waals surface area contributed by atoms with Gasteiger partial charge < -0.3 is 15.0 Å². The third kappa shape index (κ3) is 4.34. The highest BCUT2D eigenvalue weighted by molar-refractivity contribution is 6.30. The summed E-state index contributed by atoms with van der Waals surface area (Å²) in [4.78, 5) is 39.1. The molecule has 0 aromatic heterocycles. The molecule has 0 aliphatic carbocycles. The average molecular weight is 463 g/mol. The molecule has 3 aromatic rings. The second-order valence-electron chi connectivity index (χ2n) is 8.35. The van der Waals surface area contributed by atoms with Gasteiger partial charge in [-0.2, -0.15) is 0 Å². The zero-order chi connectivity index (χ0) is 23.8. The third-order valence-corrected chi connectivity index (χ3v) is 6.11. The molecular formula is C26H23ClN2O4. The molecule has 0 fully saturated rings. The molecule has 0 saturated heterocycles. The van der Waals surface area contributed by atoms with Gasteiger partial charge in [0.15, 0.2) is 0 Å². The van der Waals surface area contributed by atoms with Crippen molar-refractivity contribution in [2.45, 2.75) is 25.9 Å². The molecule has 168 valence electrons. The number of ether oxygens (including phenoxy) is 1. The SMILES string of the molecule is COC(=O)C(C)(C)N1Cc2ccc(-c3ccc(NC(=O)c4ccc(Cl)cc4)cc3)cc2C1=O. The molecule has 1 aliphatic rings. The second-order valence-corrected chi connectivity index (χ2v) is 8.79. The number of benzene rings is 3. The van der Waals surface area contributed by atoms with Crippen LogP contribution in [0.5, 0.6) is 0 Å². The Morgan fingerprint density at radius 3 is 2.24 bits per heavy atom. The van der Waals surface area contributed by atoms with Gasteiger partial charge in [-0.3, -0.25) is 9.59 Å². The monoisotopic (exact) mass is 462 g/mol. The summed E-state index contributed by atoms with van der Waals surface area (Å²) in [5.74, 6) is -0.884. The smallest absolute Gasteiger partial charge is 0.331 e. The van der Waals surface area contributed by atoms with Crippen LogP contribution in [-0.4, -0.2) is 35.3 Å². The van der Waals surface area contributed by atoms with Crippen LogP contribution < -0.4 is 5.32 Å². The van der Waals surface area contributed by atoms with E-state index in [0.29, 0.717) is 28.4 Å². The summed E-state index contributed by atoms with van der Waals surface area (Å²) in [6.07, 6.45) is 0. The lowest BCUT2D eigenvalue weighted by Crippen LogP contribution is -2.50. The minimum atomic E-state index is -1.06. The minimum Gasteiger partial charge on any atom is -0.467 e. The van der Waals surface area contributed by atoms with Crippen LogP contribution in [-0.2, 0) is 16.1 Å². The molecule has 33 heavy (non-hydrogen) atoms. The number of nitrogens with zero attached hydrogens (tertiary/aromatic N) is 1. The number of methoxy groups -OCH3 is 1. The summed E-state index contributed by atoms with van der Waals surface area (Å²) in [5.41, 5.74) is 3.32. The van der Waals surface area contributed by atoms with Crippen LogP contribution in [0.3, 0.4) is 0 Å². The molecule has 1 aliphatic heterocycles. The van der Waals surface area contributed by atoms with E-state index in [-0.39, 0.29) is 11.8 Å². The van der Waals surface area contributed by atoms with Crippen LogP contribution in [0.1, 0.15) is 40.1 Å². The van der Waals surface area contributed by atoms with E-state index in [9.17, 15) is 14.4 Å². The number of hydrogen-bond acceptors (Lipinski definition) is 4. The lowest BCUT2D eigenvalue weighted by atomic mass is 10.00. The van der Waals surface area contributed by atoms with Crippen molar-refractivity contribution in [3.63, 3.8) is 0 Å². The van der Waals surface area contributed by atoms with Gasteiger partial charge in [0, 0.05) is 28.4 Å². The Bertz CT molecular complexity index is 1230. The number of hydrogen-bond donors (Lipinski definition) is 1. The largest absolute Gasteiger partial charge is 0.467 e. The number of halogens is 1. The summed E-state index contributed by atoms with van der Waals surface area (Å²) >= 11 is 5.87. The fraction of sp³-hybridized carbons (Fsp3) is 0.192. The topological polar surface area (TPSA) is 75.7 Å². The van der Waals surface area contributed by atoms with E-state index in [2.05, 4.69) is 5.32 Å². The molecule has 0 atom stereocenters. The van der Waals surface area contributed by atoms with Crippen LogP contribution >= 0.6 is 11.6 Å². The van der Waals surface area contributed by atoms with Gasteiger partial charge >= 0.3 is 5.97 Å². The summed E-state index contributed by atoms with van der Waals surface area (Å²) in [5, 5.41) is 3.43. The van der Waals surface area contributed by atoms with E-state index in [4.69, 9.17) is 16.3 Å². The van der Waals surface area contributed by atoms with Crippen LogP contribution in [0.2, 0.25) is 5.02 Å². The second kappa shape index (κ2) is 8.71. The van der Waals surface area contributed by atoms with Crippen molar-refractivity contribution in [1.29, 1.82) is 0 Å². The number of rotatable bonds is 5. The van der Waals surface area contributed by atoms with Crippen molar-refractivity contribution in [3.05, 3.63) is 88.4 Å². The van der Waals surface area contributed by atoms with Gasteiger partial charge in [-0.15, -0.1) is 0 Å². The van der Waals surface area contributed by atoms with E-state index in [1.807, 2.05) is 42.5 Å². The summed E-state index contributed by atoms with van der Waals surface area (Å²) in [6.45, 7) is 3.72. The fourth-order valence-electron chi connectivity index (χ4n) is 3.84. The highest BCUT2D eigenvalue weighted by atomic mass is 35.5. The van der Waals surface area contributed by atoms with E-state index >= 15 is 0 Å². The molecular weight excluding hydrogens is 440 g/mol. The Balaban J connectivity index is 1.51. The number of fused-ring (bicyclic) bond motifs is 1. The predicted molar refractivity (Wildman–Crippen MR) is 127 cm³/mol. The van der Waals surface area contributed by atoms with Gasteiger partial charge in [-0.25, -0.2) is 4.79 Å². The van der Waals surface area contributed by atoms with Gasteiger partial charge in [0.2, 0.25) is 0 Å². The lowest BCUT2D eigenvalue weighted by molar-refractivity contribution is -0.151. The van der Waals surface area contributed by atoms with E-state index in [1.54, 1.807) is 38.1 Å². The van der Waals surface area contributed by atoms with Crippen molar-refractivity contribution in [2.24, 2.45) is 0 Å². The maximum Gasteiger partial charge on any atom is 0.331 e. The van der Waals surface area contributed by atoms with E-state index in [0.717, 1.165) is 16.7 Å². The zero-order valence-electron chi connectivity index (χ0n) is 18.5. The molecule has 0 spiro atoms. The van der Waals surface area contributed by atoms with Crippen molar-refractivity contribution >= 4 is 35.1 Å². The predicted octanol–water partition coefficient (Wildman–Crippen LogP) is 5.17. The van der Waals surface area contributed by atoms with Gasteiger partial charge in [0.25, 0.3) is 11.8 Å². The normalized spacial score (nSPS) is 13.0. The highest BCUT2D eigenvalue weighted by Gasteiger charge is 2.43. The zero-order valence-corrected chi connectivity index (χ0v) is 19.3. The molecule has 6 nitrogen and oxygen atoms in total. The number of carbonyl (C=O) groups is 3. The molecule has 0 unspecified atom stereocenters. The van der Waals surface area contributed by atoms with Crippen molar-refractivity contribution in [2.75, 3.05) is 12.4 Å². The first-order valence-corrected chi connectivity index (χ1v) is 10.8.